The van der Waals surface area contributed by atoms with Crippen LogP contribution in [0.1, 0.15) is 37.7 Å². The van der Waals surface area contributed by atoms with Gasteiger partial charge in [0.1, 0.15) is 0 Å². The smallest absolute Gasteiger partial charge is 0.232 e. The van der Waals surface area contributed by atoms with E-state index in [1.54, 1.807) is 6.07 Å². The zero-order chi connectivity index (χ0) is 17.2. The van der Waals surface area contributed by atoms with Gasteiger partial charge in [-0.3, -0.25) is 9.10 Å². The predicted molar refractivity (Wildman–Crippen MR) is 93.8 cm³/mol. The van der Waals surface area contributed by atoms with Gasteiger partial charge in [-0.25, -0.2) is 8.42 Å². The molecule has 7 heteroatoms. The van der Waals surface area contributed by atoms with E-state index in [0.717, 1.165) is 44.3 Å². The maximum Gasteiger partial charge on any atom is 0.232 e. The molecule has 0 radical (unpaired) electrons. The molecule has 2 aliphatic rings. The van der Waals surface area contributed by atoms with Crippen molar-refractivity contribution in [3.8, 4) is 0 Å². The summed E-state index contributed by atoms with van der Waals surface area (Å²) in [5.41, 5.74) is 2.31. The number of nitrogens with one attached hydrogen (secondary N) is 1. The number of hydrogen-bond acceptors (Lipinski definition) is 4. The Morgan fingerprint density at radius 2 is 2.17 bits per heavy atom. The van der Waals surface area contributed by atoms with E-state index in [2.05, 4.69) is 5.32 Å². The highest BCUT2D eigenvalue weighted by atomic mass is 32.2. The third kappa shape index (κ3) is 4.08. The second kappa shape index (κ2) is 7.11. The quantitative estimate of drug-likeness (QED) is 0.902. The van der Waals surface area contributed by atoms with Crippen molar-refractivity contribution in [2.75, 3.05) is 29.0 Å². The van der Waals surface area contributed by atoms with Crippen LogP contribution in [-0.2, 0) is 26.0 Å². The first-order chi connectivity index (χ1) is 11.4. The molecule has 1 atom stereocenters. The van der Waals surface area contributed by atoms with Crippen LogP contribution in [0.4, 0.5) is 11.4 Å². The van der Waals surface area contributed by atoms with Crippen molar-refractivity contribution >= 4 is 27.3 Å². The Balaban J connectivity index is 1.72. The molecule has 6 nitrogen and oxygen atoms in total. The fraction of sp³-hybridized carbons (Fsp3) is 0.588. The Morgan fingerprint density at radius 3 is 2.88 bits per heavy atom. The molecule has 0 spiro atoms. The molecule has 1 N–H and O–H groups in total. The molecule has 1 amide bonds. The van der Waals surface area contributed by atoms with Crippen LogP contribution in [0.5, 0.6) is 0 Å². The fourth-order valence-electron chi connectivity index (χ4n) is 3.35. The molecule has 1 aromatic rings. The highest BCUT2D eigenvalue weighted by Gasteiger charge is 2.24. The van der Waals surface area contributed by atoms with Gasteiger partial charge in [0.15, 0.2) is 0 Å². The number of carbonyl (C=O) groups is 1. The van der Waals surface area contributed by atoms with Gasteiger partial charge in [0, 0.05) is 18.8 Å². The summed E-state index contributed by atoms with van der Waals surface area (Å²) in [7, 11) is -3.31. The summed E-state index contributed by atoms with van der Waals surface area (Å²) < 4.78 is 30.9. The van der Waals surface area contributed by atoms with Crippen LogP contribution in [0.15, 0.2) is 18.2 Å². The van der Waals surface area contributed by atoms with Gasteiger partial charge in [-0.2, -0.15) is 0 Å². The van der Waals surface area contributed by atoms with Crippen molar-refractivity contribution in [1.29, 1.82) is 0 Å². The lowest BCUT2D eigenvalue weighted by atomic mass is 10.0. The number of hydrogen-bond donors (Lipinski definition) is 1. The summed E-state index contributed by atoms with van der Waals surface area (Å²) in [5, 5.41) is 2.87. The van der Waals surface area contributed by atoms with E-state index in [-0.39, 0.29) is 12.0 Å². The molecule has 3 rings (SSSR count). The van der Waals surface area contributed by atoms with E-state index >= 15 is 0 Å². The molecule has 0 aromatic heterocycles. The Labute approximate surface area is 143 Å². The predicted octanol–water partition coefficient (Wildman–Crippen LogP) is 2.30. The van der Waals surface area contributed by atoms with Crippen LogP contribution in [0.3, 0.4) is 0 Å². The number of carbonyl (C=O) groups excluding carboxylic acids is 1. The second-order valence-corrected chi connectivity index (χ2v) is 8.43. The number of rotatable bonds is 4. The molecule has 0 saturated carbocycles. The van der Waals surface area contributed by atoms with Gasteiger partial charge in [0.25, 0.3) is 0 Å². The normalized spacial score (nSPS) is 21.2. The van der Waals surface area contributed by atoms with Gasteiger partial charge >= 0.3 is 0 Å². The van der Waals surface area contributed by atoms with E-state index < -0.39 is 10.0 Å². The minimum Gasteiger partial charge on any atom is -0.378 e. The topological polar surface area (TPSA) is 75.7 Å². The number of aryl methyl sites for hydroxylation is 1. The van der Waals surface area contributed by atoms with Gasteiger partial charge in [-0.1, -0.05) is 6.07 Å². The third-order valence-corrected chi connectivity index (χ3v) is 5.71. The van der Waals surface area contributed by atoms with E-state index in [1.165, 1.54) is 10.6 Å². The number of benzene rings is 1. The molecule has 24 heavy (non-hydrogen) atoms. The maximum absolute atomic E-state index is 12.2. The van der Waals surface area contributed by atoms with Crippen LogP contribution in [0.2, 0.25) is 0 Å². The van der Waals surface area contributed by atoms with Crippen molar-refractivity contribution < 1.29 is 17.9 Å². The SMILES string of the molecule is CS(=O)(=O)N1CCCc2ccc(NC(=O)CC3CCCCO3)cc21. The number of amides is 1. The van der Waals surface area contributed by atoms with Gasteiger partial charge < -0.3 is 10.1 Å². The fourth-order valence-corrected chi connectivity index (χ4v) is 4.34. The Hall–Kier alpha value is -1.60. The molecule has 1 aromatic carbocycles. The summed E-state index contributed by atoms with van der Waals surface area (Å²) >= 11 is 0. The highest BCUT2D eigenvalue weighted by Crippen LogP contribution is 2.31. The minimum absolute atomic E-state index is 0.0103. The molecule has 132 valence electrons. The summed E-state index contributed by atoms with van der Waals surface area (Å²) in [5.74, 6) is -0.0939. The molecule has 2 aliphatic heterocycles. The zero-order valence-corrected chi connectivity index (χ0v) is 14.8. The number of anilines is 2. The van der Waals surface area contributed by atoms with Crippen LogP contribution < -0.4 is 9.62 Å². The summed E-state index contributed by atoms with van der Waals surface area (Å²) in [4.78, 5) is 12.2. The summed E-state index contributed by atoms with van der Waals surface area (Å²) in [6.07, 6.45) is 6.28. The first-order valence-corrected chi connectivity index (χ1v) is 10.3. The summed E-state index contributed by atoms with van der Waals surface area (Å²) in [6.45, 7) is 1.21. The van der Waals surface area contributed by atoms with Crippen molar-refractivity contribution in [1.82, 2.24) is 0 Å². The highest BCUT2D eigenvalue weighted by molar-refractivity contribution is 7.92. The number of fused-ring (bicyclic) bond motifs is 1. The average molecular weight is 352 g/mol. The van der Waals surface area contributed by atoms with Crippen LogP contribution in [0.25, 0.3) is 0 Å². The van der Waals surface area contributed by atoms with E-state index in [0.29, 0.717) is 24.3 Å². The second-order valence-electron chi connectivity index (χ2n) is 6.52. The van der Waals surface area contributed by atoms with Gasteiger partial charge in [-0.05, 0) is 49.8 Å². The van der Waals surface area contributed by atoms with Crippen molar-refractivity contribution in [2.24, 2.45) is 0 Å². The van der Waals surface area contributed by atoms with E-state index in [4.69, 9.17) is 4.74 Å². The van der Waals surface area contributed by atoms with E-state index in [9.17, 15) is 13.2 Å². The van der Waals surface area contributed by atoms with Crippen molar-refractivity contribution in [3.63, 3.8) is 0 Å². The Morgan fingerprint density at radius 1 is 1.33 bits per heavy atom. The standard InChI is InChI=1S/C17H24N2O4S/c1-24(21,22)19-9-4-5-13-7-8-14(11-16(13)19)18-17(20)12-15-6-2-3-10-23-15/h7-8,11,15H,2-6,9-10,12H2,1H3,(H,18,20). The molecular formula is C17H24N2O4S. The van der Waals surface area contributed by atoms with Crippen LogP contribution in [-0.4, -0.2) is 39.8 Å². The average Bonchev–Trinajstić information content (AvgIpc) is 2.54. The summed E-state index contributed by atoms with van der Waals surface area (Å²) in [6, 6.07) is 5.50. The van der Waals surface area contributed by atoms with E-state index in [1.807, 2.05) is 12.1 Å². The lowest BCUT2D eigenvalue weighted by molar-refractivity contribution is -0.119. The number of nitrogens with zero attached hydrogens (tertiary/aromatic N) is 1. The minimum atomic E-state index is -3.31. The van der Waals surface area contributed by atoms with Crippen LogP contribution >= 0.6 is 0 Å². The molecule has 1 fully saturated rings. The third-order valence-electron chi connectivity index (χ3n) is 4.53. The monoisotopic (exact) mass is 352 g/mol. The van der Waals surface area contributed by atoms with Crippen molar-refractivity contribution in [3.05, 3.63) is 23.8 Å². The Bertz CT molecular complexity index is 711. The lowest BCUT2D eigenvalue weighted by Crippen LogP contribution is -2.34. The molecule has 0 bridgehead atoms. The first kappa shape index (κ1) is 17.2. The molecular weight excluding hydrogens is 328 g/mol. The van der Waals surface area contributed by atoms with Crippen LogP contribution in [0, 0.1) is 0 Å². The zero-order valence-electron chi connectivity index (χ0n) is 14.0. The first-order valence-electron chi connectivity index (χ1n) is 8.45. The number of sulfonamides is 1. The molecule has 2 heterocycles. The largest absolute Gasteiger partial charge is 0.378 e. The van der Waals surface area contributed by atoms with Crippen molar-refractivity contribution in [2.45, 2.75) is 44.6 Å². The number of ether oxygens (including phenoxy) is 1. The van der Waals surface area contributed by atoms with Gasteiger partial charge in [0.05, 0.1) is 24.5 Å². The van der Waals surface area contributed by atoms with Gasteiger partial charge in [0.2, 0.25) is 15.9 Å². The Kier molecular flexibility index (Phi) is 5.10. The van der Waals surface area contributed by atoms with Gasteiger partial charge in [-0.15, -0.1) is 0 Å². The molecule has 1 saturated heterocycles. The lowest BCUT2D eigenvalue weighted by Gasteiger charge is -2.29. The molecule has 0 aliphatic carbocycles. The molecule has 1 unspecified atom stereocenters. The maximum atomic E-state index is 12.2.